The Morgan fingerprint density at radius 2 is 2.11 bits per heavy atom. The molecule has 2 nitrogen and oxygen atoms in total. The van der Waals surface area contributed by atoms with Gasteiger partial charge in [-0.3, -0.25) is 0 Å². The third-order valence-corrected chi connectivity index (χ3v) is 4.11. The summed E-state index contributed by atoms with van der Waals surface area (Å²) in [7, 11) is 0. The lowest BCUT2D eigenvalue weighted by Crippen LogP contribution is -2.24. The lowest BCUT2D eigenvalue weighted by Gasteiger charge is -2.24. The largest absolute Gasteiger partial charge is 0.389 e. The number of aliphatic hydroxyl groups excluding tert-OH is 1. The molecule has 0 amide bonds. The van der Waals surface area contributed by atoms with E-state index in [9.17, 15) is 5.11 Å². The van der Waals surface area contributed by atoms with Gasteiger partial charge >= 0.3 is 0 Å². The number of hydrogen-bond donors (Lipinski definition) is 1. The minimum atomic E-state index is -0.458. The first-order valence-electron chi connectivity index (χ1n) is 6.80. The lowest BCUT2D eigenvalue weighted by atomic mass is 10.0. The summed E-state index contributed by atoms with van der Waals surface area (Å²) in [4.78, 5) is 2.37. The lowest BCUT2D eigenvalue weighted by molar-refractivity contribution is 0.199. The van der Waals surface area contributed by atoms with Gasteiger partial charge in [0, 0.05) is 13.1 Å². The molecule has 0 aromatic heterocycles. The van der Waals surface area contributed by atoms with Crippen LogP contribution in [0.2, 0.25) is 5.02 Å². The fourth-order valence-corrected chi connectivity index (χ4v) is 2.85. The van der Waals surface area contributed by atoms with E-state index in [2.05, 4.69) is 11.8 Å². The van der Waals surface area contributed by atoms with Gasteiger partial charge in [0.25, 0.3) is 0 Å². The van der Waals surface area contributed by atoms with Crippen LogP contribution >= 0.6 is 11.6 Å². The average molecular weight is 268 g/mol. The highest BCUT2D eigenvalue weighted by Gasteiger charge is 2.16. The van der Waals surface area contributed by atoms with Gasteiger partial charge in [0.05, 0.1) is 16.8 Å². The summed E-state index contributed by atoms with van der Waals surface area (Å²) >= 11 is 6.34. The molecule has 1 aromatic carbocycles. The van der Waals surface area contributed by atoms with E-state index in [-0.39, 0.29) is 0 Å². The number of aliphatic hydroxyl groups is 1. The van der Waals surface area contributed by atoms with Crippen molar-refractivity contribution in [3.8, 4) is 0 Å². The van der Waals surface area contributed by atoms with E-state index in [0.717, 1.165) is 35.3 Å². The summed E-state index contributed by atoms with van der Waals surface area (Å²) in [6, 6.07) is 5.90. The Morgan fingerprint density at radius 3 is 2.78 bits per heavy atom. The molecule has 1 heterocycles. The molecule has 0 saturated carbocycles. The van der Waals surface area contributed by atoms with Gasteiger partial charge in [0.1, 0.15) is 0 Å². The Labute approximate surface area is 115 Å². The molecule has 2 rings (SSSR count). The Balaban J connectivity index is 2.17. The van der Waals surface area contributed by atoms with Crippen LogP contribution < -0.4 is 4.90 Å². The quantitative estimate of drug-likeness (QED) is 0.875. The maximum atomic E-state index is 9.56. The third kappa shape index (κ3) is 3.18. The minimum Gasteiger partial charge on any atom is -0.389 e. The van der Waals surface area contributed by atoms with Gasteiger partial charge in [-0.05, 0) is 49.8 Å². The first kappa shape index (κ1) is 13.7. The summed E-state index contributed by atoms with van der Waals surface area (Å²) in [6.07, 6.45) is 3.31. The molecule has 1 saturated heterocycles. The van der Waals surface area contributed by atoms with Crippen LogP contribution in [0, 0.1) is 5.92 Å². The molecule has 1 fully saturated rings. The van der Waals surface area contributed by atoms with Crippen molar-refractivity contribution >= 4 is 17.3 Å². The molecular weight excluding hydrogens is 246 g/mol. The second-order valence-electron chi connectivity index (χ2n) is 5.41. The zero-order chi connectivity index (χ0) is 13.1. The number of benzene rings is 1. The highest BCUT2D eigenvalue weighted by molar-refractivity contribution is 6.33. The van der Waals surface area contributed by atoms with Crippen LogP contribution in [0.4, 0.5) is 5.69 Å². The van der Waals surface area contributed by atoms with Crippen LogP contribution in [0.3, 0.4) is 0 Å². The van der Waals surface area contributed by atoms with Gasteiger partial charge in [-0.1, -0.05) is 24.6 Å². The van der Waals surface area contributed by atoms with Crippen LogP contribution in [0.25, 0.3) is 0 Å². The molecule has 0 radical (unpaired) electrons. The highest BCUT2D eigenvalue weighted by Crippen LogP contribution is 2.31. The summed E-state index contributed by atoms with van der Waals surface area (Å²) in [5.74, 6) is 0.811. The van der Waals surface area contributed by atoms with Gasteiger partial charge in [0.15, 0.2) is 0 Å². The number of halogens is 1. The van der Waals surface area contributed by atoms with Gasteiger partial charge < -0.3 is 10.0 Å². The highest BCUT2D eigenvalue weighted by atomic mass is 35.5. The monoisotopic (exact) mass is 267 g/mol. The Kier molecular flexibility index (Phi) is 4.52. The molecule has 1 aliphatic rings. The number of anilines is 1. The standard InChI is InChI=1S/C15H22ClNO/c1-11-4-3-8-17(9-7-11)15-6-5-13(12(2)18)10-14(15)16/h5-6,10-12,18H,3-4,7-9H2,1-2H3/t11?,12-/m1/s1. The smallest absolute Gasteiger partial charge is 0.0762 e. The molecule has 1 unspecified atom stereocenters. The van der Waals surface area contributed by atoms with E-state index < -0.39 is 6.10 Å². The van der Waals surface area contributed by atoms with Crippen molar-refractivity contribution in [2.45, 2.75) is 39.2 Å². The van der Waals surface area contributed by atoms with Crippen molar-refractivity contribution in [2.24, 2.45) is 5.92 Å². The number of rotatable bonds is 2. The van der Waals surface area contributed by atoms with Crippen molar-refractivity contribution in [3.05, 3.63) is 28.8 Å². The Hall–Kier alpha value is -0.730. The van der Waals surface area contributed by atoms with Gasteiger partial charge in [-0.25, -0.2) is 0 Å². The van der Waals surface area contributed by atoms with Gasteiger partial charge in [-0.2, -0.15) is 0 Å². The maximum absolute atomic E-state index is 9.56. The number of nitrogens with zero attached hydrogens (tertiary/aromatic N) is 1. The summed E-state index contributed by atoms with van der Waals surface area (Å²) in [5, 5.41) is 10.3. The zero-order valence-electron chi connectivity index (χ0n) is 11.2. The predicted octanol–water partition coefficient (Wildman–Crippen LogP) is 4.02. The van der Waals surface area contributed by atoms with Crippen molar-refractivity contribution in [1.29, 1.82) is 0 Å². The predicted molar refractivity (Wildman–Crippen MR) is 77.3 cm³/mol. The van der Waals surface area contributed by atoms with Crippen LogP contribution in [0.1, 0.15) is 44.8 Å². The van der Waals surface area contributed by atoms with Gasteiger partial charge in [0.2, 0.25) is 0 Å². The Morgan fingerprint density at radius 1 is 1.33 bits per heavy atom. The molecule has 1 N–H and O–H groups in total. The van der Waals surface area contributed by atoms with Crippen LogP contribution in [0.15, 0.2) is 18.2 Å². The first-order valence-corrected chi connectivity index (χ1v) is 7.18. The summed E-state index contributed by atoms with van der Waals surface area (Å²) in [6.45, 7) is 6.24. The van der Waals surface area contributed by atoms with Crippen molar-refractivity contribution in [1.82, 2.24) is 0 Å². The molecule has 0 bridgehead atoms. The summed E-state index contributed by atoms with van der Waals surface area (Å²) < 4.78 is 0. The Bertz CT molecular complexity index is 405. The van der Waals surface area contributed by atoms with E-state index in [1.54, 1.807) is 6.92 Å². The topological polar surface area (TPSA) is 23.5 Å². The second-order valence-corrected chi connectivity index (χ2v) is 5.82. The molecule has 18 heavy (non-hydrogen) atoms. The fraction of sp³-hybridized carbons (Fsp3) is 0.600. The van der Waals surface area contributed by atoms with E-state index in [1.807, 2.05) is 18.2 Å². The van der Waals surface area contributed by atoms with Crippen molar-refractivity contribution < 1.29 is 5.11 Å². The zero-order valence-corrected chi connectivity index (χ0v) is 12.0. The molecular formula is C15H22ClNO. The minimum absolute atomic E-state index is 0.458. The molecule has 100 valence electrons. The molecule has 3 heteroatoms. The van der Waals surface area contributed by atoms with Gasteiger partial charge in [-0.15, -0.1) is 0 Å². The second kappa shape index (κ2) is 5.94. The van der Waals surface area contributed by atoms with E-state index >= 15 is 0 Å². The maximum Gasteiger partial charge on any atom is 0.0762 e. The van der Waals surface area contributed by atoms with Crippen LogP contribution in [-0.2, 0) is 0 Å². The molecule has 1 aliphatic heterocycles. The molecule has 0 spiro atoms. The van der Waals surface area contributed by atoms with E-state index in [4.69, 9.17) is 11.6 Å². The average Bonchev–Trinajstić information content (AvgIpc) is 2.54. The van der Waals surface area contributed by atoms with Crippen molar-refractivity contribution in [3.63, 3.8) is 0 Å². The number of hydrogen-bond acceptors (Lipinski definition) is 2. The van der Waals surface area contributed by atoms with Crippen LogP contribution in [-0.4, -0.2) is 18.2 Å². The van der Waals surface area contributed by atoms with Crippen molar-refractivity contribution in [2.75, 3.05) is 18.0 Å². The normalized spacial score (nSPS) is 22.7. The van der Waals surface area contributed by atoms with E-state index in [0.29, 0.717) is 0 Å². The molecule has 0 aliphatic carbocycles. The third-order valence-electron chi connectivity index (χ3n) is 3.81. The van der Waals surface area contributed by atoms with Crippen LogP contribution in [0.5, 0.6) is 0 Å². The van der Waals surface area contributed by atoms with E-state index in [1.165, 1.54) is 19.3 Å². The fourth-order valence-electron chi connectivity index (χ4n) is 2.54. The summed E-state index contributed by atoms with van der Waals surface area (Å²) in [5.41, 5.74) is 1.99. The SMILES string of the molecule is CC1CCCN(c2ccc([C@@H](C)O)cc2Cl)CC1. The molecule has 2 atom stereocenters. The first-order chi connectivity index (χ1) is 8.58. The molecule has 1 aromatic rings.